The molecule has 0 aromatic heterocycles. The van der Waals surface area contributed by atoms with E-state index in [1.54, 1.807) is 0 Å². The molecule has 1 aliphatic heterocycles. The van der Waals surface area contributed by atoms with Crippen LogP contribution in [0.2, 0.25) is 0 Å². The number of hydrogen-bond acceptors (Lipinski definition) is 4. The number of sulfonamides is 1. The molecule has 1 aliphatic rings. The SMILES string of the molecule is O=C(O)c1cc(S(=O)(=O)NC2CCSCC2)ccc1Br. The molecule has 1 saturated heterocycles. The highest BCUT2D eigenvalue weighted by atomic mass is 79.9. The minimum absolute atomic E-state index is 0.0173. The molecular formula is C12H14BrNO4S2. The van der Waals surface area contributed by atoms with Crippen LogP contribution in [0.15, 0.2) is 27.6 Å². The zero-order valence-electron chi connectivity index (χ0n) is 10.5. The molecule has 0 atom stereocenters. The predicted octanol–water partition coefficient (Wildman–Crippen LogP) is 2.32. The third kappa shape index (κ3) is 3.75. The molecular weight excluding hydrogens is 366 g/mol. The number of rotatable bonds is 4. The van der Waals surface area contributed by atoms with Crippen LogP contribution in [0.1, 0.15) is 23.2 Å². The molecule has 0 bridgehead atoms. The van der Waals surface area contributed by atoms with Crippen molar-refractivity contribution in [3.05, 3.63) is 28.2 Å². The van der Waals surface area contributed by atoms with Crippen molar-refractivity contribution in [2.45, 2.75) is 23.8 Å². The molecule has 1 heterocycles. The van der Waals surface area contributed by atoms with E-state index < -0.39 is 16.0 Å². The van der Waals surface area contributed by atoms with E-state index in [0.717, 1.165) is 24.3 Å². The number of aromatic carboxylic acids is 1. The van der Waals surface area contributed by atoms with Gasteiger partial charge in [-0.05, 0) is 58.5 Å². The Morgan fingerprint density at radius 2 is 2.00 bits per heavy atom. The zero-order valence-corrected chi connectivity index (χ0v) is 13.7. The molecule has 2 N–H and O–H groups in total. The maximum atomic E-state index is 12.3. The Hall–Kier alpha value is -0.570. The number of carboxylic acid groups (broad SMARTS) is 1. The van der Waals surface area contributed by atoms with Crippen LogP contribution in [0.4, 0.5) is 0 Å². The molecule has 0 spiro atoms. The minimum atomic E-state index is -3.68. The number of nitrogens with one attached hydrogen (secondary N) is 1. The van der Waals surface area contributed by atoms with Crippen molar-refractivity contribution in [2.24, 2.45) is 0 Å². The summed E-state index contributed by atoms with van der Waals surface area (Å²) in [5.74, 6) is 0.713. The quantitative estimate of drug-likeness (QED) is 0.838. The van der Waals surface area contributed by atoms with E-state index in [4.69, 9.17) is 5.11 Å². The van der Waals surface area contributed by atoms with Gasteiger partial charge in [-0.25, -0.2) is 17.9 Å². The number of carbonyl (C=O) groups is 1. The Labute approximate surface area is 130 Å². The van der Waals surface area contributed by atoms with Crippen molar-refractivity contribution >= 4 is 43.7 Å². The summed E-state index contributed by atoms with van der Waals surface area (Å²) >= 11 is 4.91. The van der Waals surface area contributed by atoms with Crippen molar-refractivity contribution < 1.29 is 18.3 Å². The van der Waals surface area contributed by atoms with Gasteiger partial charge in [0.25, 0.3) is 0 Å². The van der Waals surface area contributed by atoms with Gasteiger partial charge < -0.3 is 5.11 Å². The van der Waals surface area contributed by atoms with Gasteiger partial charge in [0.15, 0.2) is 0 Å². The molecule has 5 nitrogen and oxygen atoms in total. The molecule has 1 fully saturated rings. The third-order valence-electron chi connectivity index (χ3n) is 3.02. The number of carboxylic acids is 1. The van der Waals surface area contributed by atoms with Crippen LogP contribution in [0, 0.1) is 0 Å². The largest absolute Gasteiger partial charge is 0.478 e. The number of halogens is 1. The fraction of sp³-hybridized carbons (Fsp3) is 0.417. The highest BCUT2D eigenvalue weighted by Gasteiger charge is 2.23. The monoisotopic (exact) mass is 379 g/mol. The van der Waals surface area contributed by atoms with Crippen LogP contribution in [0.3, 0.4) is 0 Å². The Morgan fingerprint density at radius 1 is 1.35 bits per heavy atom. The molecule has 2 rings (SSSR count). The molecule has 1 aromatic rings. The lowest BCUT2D eigenvalue weighted by Crippen LogP contribution is -2.37. The summed E-state index contributed by atoms with van der Waals surface area (Å²) in [6.45, 7) is 0. The van der Waals surface area contributed by atoms with E-state index in [1.807, 2.05) is 11.8 Å². The molecule has 20 heavy (non-hydrogen) atoms. The van der Waals surface area contributed by atoms with Gasteiger partial charge in [0.05, 0.1) is 10.5 Å². The second kappa shape index (κ2) is 6.46. The first-order chi connectivity index (χ1) is 9.40. The van der Waals surface area contributed by atoms with Crippen molar-refractivity contribution in [1.82, 2.24) is 4.72 Å². The summed E-state index contributed by atoms with van der Waals surface area (Å²) in [7, 11) is -3.68. The molecule has 8 heteroatoms. The van der Waals surface area contributed by atoms with E-state index in [0.29, 0.717) is 4.47 Å². The first kappa shape index (κ1) is 15.8. The molecule has 0 saturated carbocycles. The molecule has 0 unspecified atom stereocenters. The van der Waals surface area contributed by atoms with Crippen molar-refractivity contribution in [2.75, 3.05) is 11.5 Å². The van der Waals surface area contributed by atoms with Crippen LogP contribution in [0.5, 0.6) is 0 Å². The molecule has 0 aliphatic carbocycles. The summed E-state index contributed by atoms with van der Waals surface area (Å²) in [4.78, 5) is 11.0. The average molecular weight is 380 g/mol. The number of thioether (sulfide) groups is 1. The lowest BCUT2D eigenvalue weighted by molar-refractivity contribution is 0.0695. The van der Waals surface area contributed by atoms with E-state index in [9.17, 15) is 13.2 Å². The average Bonchev–Trinajstić information content (AvgIpc) is 2.39. The summed E-state index contributed by atoms with van der Waals surface area (Å²) in [5, 5.41) is 9.03. The summed E-state index contributed by atoms with van der Waals surface area (Å²) < 4.78 is 27.5. The lowest BCUT2D eigenvalue weighted by Gasteiger charge is -2.22. The zero-order chi connectivity index (χ0) is 14.8. The normalized spacial score (nSPS) is 17.1. The topological polar surface area (TPSA) is 83.5 Å². The van der Waals surface area contributed by atoms with Gasteiger partial charge in [-0.15, -0.1) is 0 Å². The van der Waals surface area contributed by atoms with Crippen LogP contribution in [-0.4, -0.2) is 37.0 Å². The molecule has 0 amide bonds. The fourth-order valence-corrected chi connectivity index (χ4v) is 4.79. The third-order valence-corrected chi connectivity index (χ3v) is 6.28. The summed E-state index contributed by atoms with van der Waals surface area (Å²) in [6.07, 6.45) is 1.60. The maximum absolute atomic E-state index is 12.3. The van der Waals surface area contributed by atoms with Crippen LogP contribution in [-0.2, 0) is 10.0 Å². The first-order valence-electron chi connectivity index (χ1n) is 6.03. The van der Waals surface area contributed by atoms with Gasteiger partial charge in [-0.3, -0.25) is 0 Å². The smallest absolute Gasteiger partial charge is 0.336 e. The first-order valence-corrected chi connectivity index (χ1v) is 9.46. The van der Waals surface area contributed by atoms with Gasteiger partial charge >= 0.3 is 5.97 Å². The van der Waals surface area contributed by atoms with Gasteiger partial charge in [0.1, 0.15) is 0 Å². The Bertz CT molecular complexity index is 612. The van der Waals surface area contributed by atoms with Crippen LogP contribution in [0.25, 0.3) is 0 Å². The van der Waals surface area contributed by atoms with Crippen LogP contribution >= 0.6 is 27.7 Å². The van der Waals surface area contributed by atoms with Gasteiger partial charge in [0, 0.05) is 10.5 Å². The fourth-order valence-electron chi connectivity index (χ4n) is 1.94. The van der Waals surface area contributed by atoms with Gasteiger partial charge in [-0.2, -0.15) is 11.8 Å². The van der Waals surface area contributed by atoms with Crippen molar-refractivity contribution in [3.8, 4) is 0 Å². The number of hydrogen-bond donors (Lipinski definition) is 2. The predicted molar refractivity (Wildman–Crippen MR) is 81.8 cm³/mol. The van der Waals surface area contributed by atoms with E-state index >= 15 is 0 Å². The maximum Gasteiger partial charge on any atom is 0.336 e. The Balaban J connectivity index is 2.24. The van der Waals surface area contributed by atoms with E-state index in [-0.39, 0.29) is 16.5 Å². The molecule has 1 aromatic carbocycles. The molecule has 110 valence electrons. The minimum Gasteiger partial charge on any atom is -0.478 e. The highest BCUT2D eigenvalue weighted by molar-refractivity contribution is 9.10. The standard InChI is InChI=1S/C12H14BrNO4S2/c13-11-2-1-9(7-10(11)12(15)16)20(17,18)14-8-3-5-19-6-4-8/h1-2,7-8,14H,3-6H2,(H,15,16). The lowest BCUT2D eigenvalue weighted by atomic mass is 10.2. The van der Waals surface area contributed by atoms with Crippen LogP contribution < -0.4 is 4.72 Å². The van der Waals surface area contributed by atoms with Gasteiger partial charge in [-0.1, -0.05) is 0 Å². The number of benzene rings is 1. The van der Waals surface area contributed by atoms with Crippen molar-refractivity contribution in [1.29, 1.82) is 0 Å². The summed E-state index contributed by atoms with van der Waals surface area (Å²) in [5.41, 5.74) is -0.0629. The summed E-state index contributed by atoms with van der Waals surface area (Å²) in [6, 6.07) is 3.94. The van der Waals surface area contributed by atoms with E-state index in [2.05, 4.69) is 20.7 Å². The second-order valence-corrected chi connectivity index (χ2v) is 8.25. The Morgan fingerprint density at radius 3 is 2.60 bits per heavy atom. The highest BCUT2D eigenvalue weighted by Crippen LogP contribution is 2.23. The second-order valence-electron chi connectivity index (χ2n) is 4.45. The Kier molecular flexibility index (Phi) is 5.11. The van der Waals surface area contributed by atoms with Gasteiger partial charge in [0.2, 0.25) is 10.0 Å². The van der Waals surface area contributed by atoms with Crippen molar-refractivity contribution in [3.63, 3.8) is 0 Å². The van der Waals surface area contributed by atoms with E-state index in [1.165, 1.54) is 18.2 Å². The molecule has 0 radical (unpaired) electrons.